The third-order valence-electron chi connectivity index (χ3n) is 4.98. The van der Waals surface area contributed by atoms with Crippen molar-refractivity contribution in [2.24, 2.45) is 0 Å². The van der Waals surface area contributed by atoms with Gasteiger partial charge in [-0.25, -0.2) is 0 Å². The Kier molecular flexibility index (Phi) is 5.30. The molecule has 0 bridgehead atoms. The molecule has 0 aliphatic carbocycles. The lowest BCUT2D eigenvalue weighted by Gasteiger charge is -2.29. The number of nitrogens with zero attached hydrogens (tertiary/aromatic N) is 1. The van der Waals surface area contributed by atoms with Crippen LogP contribution in [0.5, 0.6) is 0 Å². The fourth-order valence-electron chi connectivity index (χ4n) is 3.45. The summed E-state index contributed by atoms with van der Waals surface area (Å²) in [6.07, 6.45) is 2.07. The molecule has 0 unspecified atom stereocenters. The number of anilines is 1. The van der Waals surface area contributed by atoms with E-state index in [1.165, 1.54) is 21.6 Å². The minimum atomic E-state index is 0.0971. The van der Waals surface area contributed by atoms with E-state index in [4.69, 9.17) is 0 Å². The molecular weight excluding hydrogens is 350 g/mol. The Hall–Kier alpha value is -2.52. The van der Waals surface area contributed by atoms with E-state index in [9.17, 15) is 4.79 Å². The molecule has 1 aliphatic heterocycles. The number of hydrogen-bond donors (Lipinski definition) is 0. The number of amides is 1. The first-order chi connectivity index (χ1) is 13.2. The predicted molar refractivity (Wildman–Crippen MR) is 114 cm³/mol. The van der Waals surface area contributed by atoms with E-state index in [0.717, 1.165) is 36.4 Å². The van der Waals surface area contributed by atoms with Gasteiger partial charge in [-0.3, -0.25) is 4.79 Å². The zero-order chi connectivity index (χ0) is 18.6. The van der Waals surface area contributed by atoms with Gasteiger partial charge in [0.15, 0.2) is 0 Å². The molecule has 4 rings (SSSR count). The molecular formula is C24H23NOS. The van der Waals surface area contributed by atoms with Crippen molar-refractivity contribution < 1.29 is 4.79 Å². The first-order valence-electron chi connectivity index (χ1n) is 9.39. The lowest BCUT2D eigenvalue weighted by Crippen LogP contribution is -2.35. The Balaban J connectivity index is 1.44. The number of hydrogen-bond acceptors (Lipinski definition) is 2. The number of fused-ring (bicyclic) bond motifs is 1. The van der Waals surface area contributed by atoms with Crippen LogP contribution in [-0.4, -0.2) is 12.5 Å². The van der Waals surface area contributed by atoms with Gasteiger partial charge >= 0.3 is 0 Å². The monoisotopic (exact) mass is 373 g/mol. The van der Waals surface area contributed by atoms with Gasteiger partial charge in [-0.15, -0.1) is 11.8 Å². The van der Waals surface area contributed by atoms with Crippen LogP contribution in [0.1, 0.15) is 33.5 Å². The van der Waals surface area contributed by atoms with Gasteiger partial charge in [-0.1, -0.05) is 48.0 Å². The van der Waals surface area contributed by atoms with Crippen molar-refractivity contribution in [3.63, 3.8) is 0 Å². The van der Waals surface area contributed by atoms with Gasteiger partial charge in [0.1, 0.15) is 0 Å². The quantitative estimate of drug-likeness (QED) is 0.532. The summed E-state index contributed by atoms with van der Waals surface area (Å²) in [4.78, 5) is 16.2. The molecule has 3 aromatic carbocycles. The van der Waals surface area contributed by atoms with Gasteiger partial charge in [0.25, 0.3) is 5.91 Å². The normalized spacial score (nSPS) is 13.3. The number of benzene rings is 3. The van der Waals surface area contributed by atoms with Crippen LogP contribution >= 0.6 is 11.8 Å². The molecule has 136 valence electrons. The molecule has 0 aromatic heterocycles. The van der Waals surface area contributed by atoms with Crippen molar-refractivity contribution >= 4 is 23.4 Å². The van der Waals surface area contributed by atoms with Gasteiger partial charge in [0.2, 0.25) is 0 Å². The molecule has 3 heteroatoms. The van der Waals surface area contributed by atoms with Crippen LogP contribution in [0.4, 0.5) is 5.69 Å². The van der Waals surface area contributed by atoms with Crippen molar-refractivity contribution in [1.82, 2.24) is 0 Å². The summed E-state index contributed by atoms with van der Waals surface area (Å²) in [6, 6.07) is 24.9. The van der Waals surface area contributed by atoms with Gasteiger partial charge in [0, 0.05) is 28.4 Å². The highest BCUT2D eigenvalue weighted by Crippen LogP contribution is 2.28. The molecule has 0 atom stereocenters. The van der Waals surface area contributed by atoms with Crippen molar-refractivity contribution in [2.45, 2.75) is 30.4 Å². The SMILES string of the molecule is Cc1ccc(SCc2ccc(C(=O)N3CCCc4ccccc43)cc2)cc1. The number of thioether (sulfide) groups is 1. The van der Waals surface area contributed by atoms with Crippen LogP contribution in [0, 0.1) is 6.92 Å². The molecule has 1 heterocycles. The summed E-state index contributed by atoms with van der Waals surface area (Å²) < 4.78 is 0. The van der Waals surface area contributed by atoms with E-state index in [1.807, 2.05) is 40.9 Å². The molecule has 3 aromatic rings. The maximum atomic E-state index is 13.0. The zero-order valence-electron chi connectivity index (χ0n) is 15.5. The van der Waals surface area contributed by atoms with E-state index < -0.39 is 0 Å². The first-order valence-corrected chi connectivity index (χ1v) is 10.4. The Morgan fingerprint density at radius 3 is 2.48 bits per heavy atom. The zero-order valence-corrected chi connectivity index (χ0v) is 16.3. The lowest BCUT2D eigenvalue weighted by atomic mass is 10.0. The summed E-state index contributed by atoms with van der Waals surface area (Å²) in [5.74, 6) is 1.00. The number of aryl methyl sites for hydroxylation is 2. The van der Waals surface area contributed by atoms with Crippen LogP contribution < -0.4 is 4.90 Å². The van der Waals surface area contributed by atoms with Gasteiger partial charge in [-0.05, 0) is 61.2 Å². The molecule has 0 saturated carbocycles. The summed E-state index contributed by atoms with van der Waals surface area (Å²) in [5.41, 5.74) is 5.60. The van der Waals surface area contributed by atoms with Crippen LogP contribution in [0.25, 0.3) is 0 Å². The van der Waals surface area contributed by atoms with E-state index >= 15 is 0 Å². The smallest absolute Gasteiger partial charge is 0.258 e. The summed E-state index contributed by atoms with van der Waals surface area (Å²) in [6.45, 7) is 2.89. The summed E-state index contributed by atoms with van der Waals surface area (Å²) in [5, 5.41) is 0. The topological polar surface area (TPSA) is 20.3 Å². The maximum absolute atomic E-state index is 13.0. The highest BCUT2D eigenvalue weighted by molar-refractivity contribution is 7.98. The fraction of sp³-hybridized carbons (Fsp3) is 0.208. The molecule has 0 N–H and O–H groups in total. The molecule has 1 amide bonds. The van der Waals surface area contributed by atoms with E-state index in [2.05, 4.69) is 55.5 Å². The standard InChI is InChI=1S/C24H23NOS/c1-18-8-14-22(15-9-18)27-17-19-10-12-21(13-11-19)24(26)25-16-4-6-20-5-2-3-7-23(20)25/h2-3,5,7-15H,4,6,16-17H2,1H3. The van der Waals surface area contributed by atoms with Gasteiger partial charge in [-0.2, -0.15) is 0 Å². The Labute approximate surface area is 165 Å². The third-order valence-corrected chi connectivity index (χ3v) is 6.07. The van der Waals surface area contributed by atoms with Crippen LogP contribution in [0.3, 0.4) is 0 Å². The minimum absolute atomic E-state index is 0.0971. The molecule has 0 saturated heterocycles. The number of carbonyl (C=O) groups is 1. The third kappa shape index (κ3) is 4.09. The van der Waals surface area contributed by atoms with E-state index in [1.54, 1.807) is 0 Å². The number of carbonyl (C=O) groups excluding carboxylic acids is 1. The van der Waals surface area contributed by atoms with Crippen molar-refractivity contribution in [1.29, 1.82) is 0 Å². The first kappa shape index (κ1) is 17.9. The predicted octanol–water partition coefficient (Wildman–Crippen LogP) is 5.88. The second kappa shape index (κ2) is 8.01. The number of rotatable bonds is 4. The summed E-state index contributed by atoms with van der Waals surface area (Å²) >= 11 is 1.82. The molecule has 27 heavy (non-hydrogen) atoms. The molecule has 0 spiro atoms. The highest BCUT2D eigenvalue weighted by atomic mass is 32.2. The maximum Gasteiger partial charge on any atom is 0.258 e. The molecule has 0 radical (unpaired) electrons. The van der Waals surface area contributed by atoms with Crippen LogP contribution in [0.2, 0.25) is 0 Å². The molecule has 0 fully saturated rings. The lowest BCUT2D eigenvalue weighted by molar-refractivity contribution is 0.0985. The molecule has 1 aliphatic rings. The van der Waals surface area contributed by atoms with Crippen molar-refractivity contribution in [3.05, 3.63) is 95.1 Å². The number of para-hydroxylation sites is 1. The summed E-state index contributed by atoms with van der Waals surface area (Å²) in [7, 11) is 0. The Morgan fingerprint density at radius 1 is 0.963 bits per heavy atom. The molecule has 2 nitrogen and oxygen atoms in total. The largest absolute Gasteiger partial charge is 0.308 e. The second-order valence-electron chi connectivity index (χ2n) is 6.99. The van der Waals surface area contributed by atoms with E-state index in [0.29, 0.717) is 0 Å². The van der Waals surface area contributed by atoms with Gasteiger partial charge < -0.3 is 4.90 Å². The average Bonchev–Trinajstić information content (AvgIpc) is 2.73. The Morgan fingerprint density at radius 2 is 1.70 bits per heavy atom. The minimum Gasteiger partial charge on any atom is -0.308 e. The highest BCUT2D eigenvalue weighted by Gasteiger charge is 2.23. The van der Waals surface area contributed by atoms with Crippen LogP contribution in [-0.2, 0) is 12.2 Å². The fourth-order valence-corrected chi connectivity index (χ4v) is 4.30. The van der Waals surface area contributed by atoms with Gasteiger partial charge in [0.05, 0.1) is 0 Å². The van der Waals surface area contributed by atoms with Crippen LogP contribution in [0.15, 0.2) is 77.7 Å². The average molecular weight is 374 g/mol. The van der Waals surface area contributed by atoms with Crippen molar-refractivity contribution in [3.8, 4) is 0 Å². The van der Waals surface area contributed by atoms with Crippen molar-refractivity contribution in [2.75, 3.05) is 11.4 Å². The second-order valence-corrected chi connectivity index (χ2v) is 8.04. The Bertz CT molecular complexity index is 931. The van der Waals surface area contributed by atoms with E-state index in [-0.39, 0.29) is 5.91 Å².